The van der Waals surface area contributed by atoms with E-state index < -0.39 is 21.8 Å². The van der Waals surface area contributed by atoms with Crippen LogP contribution in [0, 0.1) is 0 Å². The molecule has 1 atom stereocenters. The Morgan fingerprint density at radius 2 is 2.18 bits per heavy atom. The zero-order valence-electron chi connectivity index (χ0n) is 9.09. The summed E-state index contributed by atoms with van der Waals surface area (Å²) in [4.78, 5) is 10.8. The third kappa shape index (κ3) is 2.32. The Balaban J connectivity index is 2.37. The first-order chi connectivity index (χ1) is 7.90. The third-order valence-corrected chi connectivity index (χ3v) is 4.68. The van der Waals surface area contributed by atoms with Gasteiger partial charge in [0.05, 0.1) is 17.1 Å². The Kier molecular flexibility index (Phi) is 2.92. The van der Waals surface area contributed by atoms with Crippen LogP contribution in [-0.4, -0.2) is 25.2 Å². The highest BCUT2D eigenvalue weighted by atomic mass is 32.2. The topological polar surface area (TPSA) is 97.5 Å². The first-order valence-electron chi connectivity index (χ1n) is 5.23. The second-order valence-electron chi connectivity index (χ2n) is 4.14. The van der Waals surface area contributed by atoms with Crippen LogP contribution in [0.25, 0.3) is 0 Å². The van der Waals surface area contributed by atoms with E-state index in [1.54, 1.807) is 12.1 Å². The molecule has 3 N–H and O–H groups in total. The summed E-state index contributed by atoms with van der Waals surface area (Å²) in [6.45, 7) is 0. The molecule has 5 nitrogen and oxygen atoms in total. The second-order valence-corrected chi connectivity index (χ2v) is 6.22. The Bertz CT molecular complexity index is 565. The van der Waals surface area contributed by atoms with Crippen molar-refractivity contribution in [2.24, 2.45) is 5.73 Å². The SMILES string of the molecule is NC(CC(=O)O)c1ccc2c(c1)S(=O)(=O)CC2. The van der Waals surface area contributed by atoms with E-state index in [0.717, 1.165) is 5.56 Å². The van der Waals surface area contributed by atoms with Crippen molar-refractivity contribution in [3.05, 3.63) is 29.3 Å². The molecule has 2 rings (SSSR count). The molecule has 0 saturated carbocycles. The first-order valence-corrected chi connectivity index (χ1v) is 6.88. The number of benzene rings is 1. The van der Waals surface area contributed by atoms with Gasteiger partial charge >= 0.3 is 5.97 Å². The molecule has 0 spiro atoms. The highest BCUT2D eigenvalue weighted by Gasteiger charge is 2.27. The Labute approximate surface area is 99.2 Å². The van der Waals surface area contributed by atoms with E-state index in [2.05, 4.69) is 0 Å². The molecular weight excluding hydrogens is 242 g/mol. The largest absolute Gasteiger partial charge is 0.481 e. The van der Waals surface area contributed by atoms with Crippen LogP contribution in [0.5, 0.6) is 0 Å². The molecule has 17 heavy (non-hydrogen) atoms. The fourth-order valence-electron chi connectivity index (χ4n) is 1.96. The van der Waals surface area contributed by atoms with Crippen LogP contribution in [-0.2, 0) is 21.1 Å². The maximum Gasteiger partial charge on any atom is 0.305 e. The first kappa shape index (κ1) is 12.1. The van der Waals surface area contributed by atoms with Gasteiger partial charge in [0, 0.05) is 6.04 Å². The standard InChI is InChI=1S/C11H13NO4S/c12-9(6-11(13)14)8-2-1-7-3-4-17(15,16)10(7)5-8/h1-2,5,9H,3-4,6,12H2,(H,13,14). The molecule has 0 bridgehead atoms. The van der Waals surface area contributed by atoms with Crippen molar-refractivity contribution in [2.75, 3.05) is 5.75 Å². The van der Waals surface area contributed by atoms with Crippen LogP contribution in [0.15, 0.2) is 23.1 Å². The zero-order chi connectivity index (χ0) is 12.6. The van der Waals surface area contributed by atoms with E-state index in [9.17, 15) is 13.2 Å². The number of carbonyl (C=O) groups is 1. The minimum Gasteiger partial charge on any atom is -0.481 e. The predicted molar refractivity (Wildman–Crippen MR) is 61.4 cm³/mol. The van der Waals surface area contributed by atoms with Gasteiger partial charge in [0.25, 0.3) is 0 Å². The van der Waals surface area contributed by atoms with E-state index in [4.69, 9.17) is 10.8 Å². The van der Waals surface area contributed by atoms with Crippen molar-refractivity contribution in [3.8, 4) is 0 Å². The number of hydrogen-bond acceptors (Lipinski definition) is 4. The van der Waals surface area contributed by atoms with E-state index in [1.807, 2.05) is 0 Å². The molecular formula is C11H13NO4S. The fraction of sp³-hybridized carbons (Fsp3) is 0.364. The van der Waals surface area contributed by atoms with Gasteiger partial charge in [-0.2, -0.15) is 0 Å². The number of fused-ring (bicyclic) bond motifs is 1. The van der Waals surface area contributed by atoms with Gasteiger partial charge in [0.1, 0.15) is 0 Å². The van der Waals surface area contributed by atoms with Crippen LogP contribution >= 0.6 is 0 Å². The number of carboxylic acids is 1. The number of aryl methyl sites for hydroxylation is 1. The summed E-state index contributed by atoms with van der Waals surface area (Å²) >= 11 is 0. The molecule has 1 aromatic rings. The fourth-order valence-corrected chi connectivity index (χ4v) is 3.55. The summed E-state index contributed by atoms with van der Waals surface area (Å²) in [5.74, 6) is -0.874. The quantitative estimate of drug-likeness (QED) is 0.819. The Hall–Kier alpha value is -1.40. The smallest absolute Gasteiger partial charge is 0.305 e. The molecule has 1 aliphatic rings. The number of nitrogens with two attached hydrogens (primary N) is 1. The number of sulfone groups is 1. The van der Waals surface area contributed by atoms with Gasteiger partial charge in [-0.3, -0.25) is 4.79 Å². The maximum absolute atomic E-state index is 11.7. The average molecular weight is 255 g/mol. The van der Waals surface area contributed by atoms with Gasteiger partial charge in [-0.15, -0.1) is 0 Å². The van der Waals surface area contributed by atoms with E-state index in [0.29, 0.717) is 16.9 Å². The molecule has 1 heterocycles. The number of hydrogen-bond donors (Lipinski definition) is 2. The van der Waals surface area contributed by atoms with Gasteiger partial charge in [-0.05, 0) is 23.6 Å². The molecule has 0 aromatic heterocycles. The highest BCUT2D eigenvalue weighted by Crippen LogP contribution is 2.28. The molecule has 0 radical (unpaired) electrons. The summed E-state index contributed by atoms with van der Waals surface area (Å²) in [7, 11) is -3.19. The number of carboxylic acid groups (broad SMARTS) is 1. The van der Waals surface area contributed by atoms with Crippen molar-refractivity contribution < 1.29 is 18.3 Å². The van der Waals surface area contributed by atoms with Gasteiger partial charge in [0.15, 0.2) is 9.84 Å². The van der Waals surface area contributed by atoms with Crippen LogP contribution < -0.4 is 5.73 Å². The van der Waals surface area contributed by atoms with Crippen molar-refractivity contribution in [1.29, 1.82) is 0 Å². The van der Waals surface area contributed by atoms with Crippen molar-refractivity contribution >= 4 is 15.8 Å². The van der Waals surface area contributed by atoms with E-state index in [1.165, 1.54) is 6.07 Å². The van der Waals surface area contributed by atoms with Crippen LogP contribution in [0.4, 0.5) is 0 Å². The summed E-state index contributed by atoms with van der Waals surface area (Å²) in [6.07, 6.45) is 0.310. The summed E-state index contributed by atoms with van der Waals surface area (Å²) in [6, 6.07) is 4.25. The summed E-state index contributed by atoms with van der Waals surface area (Å²) in [5.41, 5.74) is 7.04. The number of rotatable bonds is 3. The molecule has 1 aromatic carbocycles. The summed E-state index contributed by atoms with van der Waals surface area (Å²) in [5, 5.41) is 8.64. The van der Waals surface area contributed by atoms with Gasteiger partial charge in [-0.1, -0.05) is 12.1 Å². The van der Waals surface area contributed by atoms with Crippen LogP contribution in [0.3, 0.4) is 0 Å². The van der Waals surface area contributed by atoms with Crippen LogP contribution in [0.2, 0.25) is 0 Å². The lowest BCUT2D eigenvalue weighted by atomic mass is 10.0. The lowest BCUT2D eigenvalue weighted by Crippen LogP contribution is -2.15. The lowest BCUT2D eigenvalue weighted by Gasteiger charge is -2.10. The minimum atomic E-state index is -3.19. The Morgan fingerprint density at radius 1 is 1.47 bits per heavy atom. The number of aliphatic carboxylic acids is 1. The normalized spacial score (nSPS) is 18.6. The maximum atomic E-state index is 11.7. The molecule has 0 saturated heterocycles. The van der Waals surface area contributed by atoms with Crippen molar-refractivity contribution in [3.63, 3.8) is 0 Å². The molecule has 0 amide bonds. The molecule has 1 aliphatic heterocycles. The van der Waals surface area contributed by atoms with E-state index >= 15 is 0 Å². The monoisotopic (exact) mass is 255 g/mol. The molecule has 0 aliphatic carbocycles. The van der Waals surface area contributed by atoms with Gasteiger partial charge in [-0.25, -0.2) is 8.42 Å². The van der Waals surface area contributed by atoms with Crippen molar-refractivity contribution in [1.82, 2.24) is 0 Å². The highest BCUT2D eigenvalue weighted by molar-refractivity contribution is 7.91. The minimum absolute atomic E-state index is 0.125. The second kappa shape index (κ2) is 4.12. The average Bonchev–Trinajstić information content (AvgIpc) is 2.54. The summed E-state index contributed by atoms with van der Waals surface area (Å²) < 4.78 is 23.4. The van der Waals surface area contributed by atoms with E-state index in [-0.39, 0.29) is 12.2 Å². The van der Waals surface area contributed by atoms with Crippen molar-refractivity contribution in [2.45, 2.75) is 23.8 Å². The molecule has 92 valence electrons. The molecule has 0 fully saturated rings. The van der Waals surface area contributed by atoms with Gasteiger partial charge < -0.3 is 10.8 Å². The third-order valence-electron chi connectivity index (χ3n) is 2.89. The lowest BCUT2D eigenvalue weighted by molar-refractivity contribution is -0.137. The Morgan fingerprint density at radius 3 is 2.82 bits per heavy atom. The van der Waals surface area contributed by atoms with Gasteiger partial charge in [0.2, 0.25) is 0 Å². The molecule has 1 unspecified atom stereocenters. The molecule has 6 heteroatoms. The van der Waals surface area contributed by atoms with Crippen LogP contribution in [0.1, 0.15) is 23.6 Å². The zero-order valence-corrected chi connectivity index (χ0v) is 9.90. The predicted octanol–water partition coefficient (Wildman–Crippen LogP) is 0.491.